The molecule has 0 atom stereocenters. The number of benzene rings is 1. The molecule has 1 heterocycles. The summed E-state index contributed by atoms with van der Waals surface area (Å²) in [7, 11) is 0. The second-order valence-corrected chi connectivity index (χ2v) is 5.32. The summed E-state index contributed by atoms with van der Waals surface area (Å²) in [6.07, 6.45) is 0. The highest BCUT2D eigenvalue weighted by atomic mass is 32.1. The van der Waals surface area contributed by atoms with Crippen molar-refractivity contribution in [2.75, 3.05) is 0 Å². The number of rotatable bonds is 3. The average molecular weight is 248 g/mol. The van der Waals surface area contributed by atoms with E-state index < -0.39 is 0 Å². The Bertz CT molecular complexity index is 520. The SMILES string of the molecule is CC(C)c1nc(-c2cccc(O)c2)sc1CN. The molecule has 2 rings (SSSR count). The van der Waals surface area contributed by atoms with Crippen LogP contribution in [0.1, 0.15) is 30.3 Å². The fraction of sp³-hybridized carbons (Fsp3) is 0.308. The van der Waals surface area contributed by atoms with Crippen LogP contribution in [0.3, 0.4) is 0 Å². The lowest BCUT2D eigenvalue weighted by Crippen LogP contribution is -1.99. The van der Waals surface area contributed by atoms with Crippen LogP contribution >= 0.6 is 11.3 Å². The number of aromatic nitrogens is 1. The van der Waals surface area contributed by atoms with Crippen molar-refractivity contribution in [1.29, 1.82) is 0 Å². The normalized spacial score (nSPS) is 11.1. The molecule has 0 amide bonds. The minimum Gasteiger partial charge on any atom is -0.508 e. The zero-order valence-corrected chi connectivity index (χ0v) is 10.8. The predicted molar refractivity (Wildman–Crippen MR) is 71.2 cm³/mol. The number of hydrogen-bond acceptors (Lipinski definition) is 4. The maximum absolute atomic E-state index is 9.47. The topological polar surface area (TPSA) is 59.1 Å². The monoisotopic (exact) mass is 248 g/mol. The Labute approximate surface area is 105 Å². The number of hydrogen-bond donors (Lipinski definition) is 2. The third-order valence-corrected chi connectivity index (χ3v) is 3.70. The first kappa shape index (κ1) is 12.1. The summed E-state index contributed by atoms with van der Waals surface area (Å²) in [5.74, 6) is 0.633. The van der Waals surface area contributed by atoms with E-state index >= 15 is 0 Å². The Hall–Kier alpha value is -1.39. The minimum absolute atomic E-state index is 0.262. The minimum atomic E-state index is 0.262. The third kappa shape index (κ3) is 2.48. The molecule has 0 fully saturated rings. The van der Waals surface area contributed by atoms with Crippen molar-refractivity contribution in [1.82, 2.24) is 4.98 Å². The van der Waals surface area contributed by atoms with E-state index in [0.717, 1.165) is 21.1 Å². The van der Waals surface area contributed by atoms with E-state index in [4.69, 9.17) is 5.73 Å². The van der Waals surface area contributed by atoms with Gasteiger partial charge in [-0.05, 0) is 18.1 Å². The van der Waals surface area contributed by atoms with Crippen LogP contribution in [0.15, 0.2) is 24.3 Å². The van der Waals surface area contributed by atoms with Crippen molar-refractivity contribution in [3.05, 3.63) is 34.8 Å². The second-order valence-electron chi connectivity index (χ2n) is 4.24. The van der Waals surface area contributed by atoms with Crippen LogP contribution in [0.2, 0.25) is 0 Å². The van der Waals surface area contributed by atoms with Crippen molar-refractivity contribution >= 4 is 11.3 Å². The molecule has 0 unspecified atom stereocenters. The lowest BCUT2D eigenvalue weighted by molar-refractivity contribution is 0.475. The van der Waals surface area contributed by atoms with Crippen molar-refractivity contribution in [3.8, 4) is 16.3 Å². The lowest BCUT2D eigenvalue weighted by atomic mass is 10.1. The molecule has 90 valence electrons. The molecule has 0 saturated heterocycles. The zero-order chi connectivity index (χ0) is 12.4. The smallest absolute Gasteiger partial charge is 0.124 e. The van der Waals surface area contributed by atoms with E-state index in [0.29, 0.717) is 12.5 Å². The molecule has 2 aromatic rings. The zero-order valence-electron chi connectivity index (χ0n) is 9.97. The molecule has 0 radical (unpaired) electrons. The maximum atomic E-state index is 9.47. The van der Waals surface area contributed by atoms with Gasteiger partial charge in [0.05, 0.1) is 5.69 Å². The van der Waals surface area contributed by atoms with Crippen LogP contribution in [0.4, 0.5) is 0 Å². The predicted octanol–water partition coefficient (Wildman–Crippen LogP) is 3.10. The van der Waals surface area contributed by atoms with E-state index in [9.17, 15) is 5.11 Å². The first-order valence-electron chi connectivity index (χ1n) is 5.61. The Balaban J connectivity index is 2.46. The van der Waals surface area contributed by atoms with E-state index in [1.807, 2.05) is 12.1 Å². The second kappa shape index (κ2) is 4.85. The van der Waals surface area contributed by atoms with Gasteiger partial charge in [0, 0.05) is 17.0 Å². The van der Waals surface area contributed by atoms with Gasteiger partial charge in [0.2, 0.25) is 0 Å². The van der Waals surface area contributed by atoms with Crippen molar-refractivity contribution in [3.63, 3.8) is 0 Å². The summed E-state index contributed by atoms with van der Waals surface area (Å²) in [6, 6.07) is 7.15. The Morgan fingerprint density at radius 1 is 1.41 bits per heavy atom. The number of thiazole rings is 1. The van der Waals surface area contributed by atoms with Gasteiger partial charge >= 0.3 is 0 Å². The highest BCUT2D eigenvalue weighted by Gasteiger charge is 2.14. The highest BCUT2D eigenvalue weighted by Crippen LogP contribution is 2.32. The summed E-state index contributed by atoms with van der Waals surface area (Å²) in [5.41, 5.74) is 7.74. The number of phenolic OH excluding ortho intramolecular Hbond substituents is 1. The van der Waals surface area contributed by atoms with Crippen molar-refractivity contribution < 1.29 is 5.11 Å². The Morgan fingerprint density at radius 2 is 2.18 bits per heavy atom. The van der Waals surface area contributed by atoms with Gasteiger partial charge < -0.3 is 10.8 Å². The summed E-state index contributed by atoms with van der Waals surface area (Å²) < 4.78 is 0. The molecule has 0 saturated carbocycles. The molecule has 0 aliphatic carbocycles. The van der Waals surface area contributed by atoms with Gasteiger partial charge in [-0.15, -0.1) is 11.3 Å². The molecular weight excluding hydrogens is 232 g/mol. The fourth-order valence-corrected chi connectivity index (χ4v) is 2.81. The summed E-state index contributed by atoms with van der Waals surface area (Å²) in [5, 5.41) is 10.4. The average Bonchev–Trinajstić information content (AvgIpc) is 2.73. The van der Waals surface area contributed by atoms with Crippen LogP contribution < -0.4 is 5.73 Å². The van der Waals surface area contributed by atoms with E-state index in [-0.39, 0.29) is 5.75 Å². The Kier molecular flexibility index (Phi) is 3.45. The van der Waals surface area contributed by atoms with Gasteiger partial charge in [0.1, 0.15) is 10.8 Å². The van der Waals surface area contributed by atoms with Gasteiger partial charge in [0.25, 0.3) is 0 Å². The van der Waals surface area contributed by atoms with Gasteiger partial charge in [0.15, 0.2) is 0 Å². The molecule has 0 bridgehead atoms. The molecule has 3 N–H and O–H groups in total. The molecule has 17 heavy (non-hydrogen) atoms. The summed E-state index contributed by atoms with van der Waals surface area (Å²) in [4.78, 5) is 5.74. The van der Waals surface area contributed by atoms with E-state index in [1.165, 1.54) is 0 Å². The van der Waals surface area contributed by atoms with Gasteiger partial charge in [-0.1, -0.05) is 26.0 Å². The number of nitrogens with two attached hydrogens (primary N) is 1. The van der Waals surface area contributed by atoms with Gasteiger partial charge in [-0.3, -0.25) is 0 Å². The Morgan fingerprint density at radius 3 is 2.71 bits per heavy atom. The van der Waals surface area contributed by atoms with Gasteiger partial charge in [-0.25, -0.2) is 4.98 Å². The van der Waals surface area contributed by atoms with E-state index in [2.05, 4.69) is 18.8 Å². The highest BCUT2D eigenvalue weighted by molar-refractivity contribution is 7.15. The first-order valence-corrected chi connectivity index (χ1v) is 6.42. The van der Waals surface area contributed by atoms with Crippen LogP contribution in [-0.4, -0.2) is 10.1 Å². The molecule has 0 spiro atoms. The third-order valence-electron chi connectivity index (χ3n) is 2.55. The molecule has 3 nitrogen and oxygen atoms in total. The molecule has 1 aromatic heterocycles. The van der Waals surface area contributed by atoms with Crippen LogP contribution in [0.5, 0.6) is 5.75 Å². The van der Waals surface area contributed by atoms with Crippen LogP contribution in [0.25, 0.3) is 10.6 Å². The van der Waals surface area contributed by atoms with Crippen LogP contribution in [0, 0.1) is 0 Å². The largest absolute Gasteiger partial charge is 0.508 e. The van der Waals surface area contributed by atoms with Crippen molar-refractivity contribution in [2.24, 2.45) is 5.73 Å². The standard InChI is InChI=1S/C13H16N2OS/c1-8(2)12-11(7-14)17-13(15-12)9-4-3-5-10(16)6-9/h3-6,8,16H,7,14H2,1-2H3. The quantitative estimate of drug-likeness (QED) is 0.877. The van der Waals surface area contributed by atoms with Crippen molar-refractivity contribution in [2.45, 2.75) is 26.3 Å². The van der Waals surface area contributed by atoms with E-state index in [1.54, 1.807) is 23.5 Å². The van der Waals surface area contributed by atoms with Crippen LogP contribution in [-0.2, 0) is 6.54 Å². The maximum Gasteiger partial charge on any atom is 0.124 e. The number of nitrogens with zero attached hydrogens (tertiary/aromatic N) is 1. The molecule has 0 aliphatic rings. The fourth-order valence-electron chi connectivity index (χ4n) is 1.72. The molecule has 1 aromatic carbocycles. The summed E-state index contributed by atoms with van der Waals surface area (Å²) in [6.45, 7) is 4.74. The number of phenols is 1. The van der Waals surface area contributed by atoms with Gasteiger partial charge in [-0.2, -0.15) is 0 Å². The molecule has 0 aliphatic heterocycles. The molecule has 4 heteroatoms. The first-order chi connectivity index (χ1) is 8.11. The summed E-state index contributed by atoms with van der Waals surface area (Å²) >= 11 is 1.60. The lowest BCUT2D eigenvalue weighted by Gasteiger charge is -2.01. The number of aromatic hydroxyl groups is 1. The molecular formula is C13H16N2OS.